The smallest absolute Gasteiger partial charge is 0.141 e. The number of benzene rings is 1. The SMILES string of the molecule is N#CCc1cc(I)cc(Br)c1F. The first kappa shape index (κ1) is 9.93. The van der Waals surface area contributed by atoms with Crippen LogP contribution in [0.5, 0.6) is 0 Å². The first-order chi connectivity index (χ1) is 5.65. The Morgan fingerprint density at radius 1 is 1.58 bits per heavy atom. The molecule has 1 rings (SSSR count). The van der Waals surface area contributed by atoms with Crippen LogP contribution >= 0.6 is 38.5 Å². The lowest BCUT2D eigenvalue weighted by atomic mass is 10.1. The van der Waals surface area contributed by atoms with E-state index in [9.17, 15) is 4.39 Å². The van der Waals surface area contributed by atoms with Gasteiger partial charge in [-0.25, -0.2) is 4.39 Å². The molecule has 0 unspecified atom stereocenters. The van der Waals surface area contributed by atoms with Crippen molar-refractivity contribution in [1.82, 2.24) is 0 Å². The standard InChI is InChI=1S/C8H4BrFIN/c9-7-4-6(11)3-5(1-2-12)8(7)10/h3-4H,1H2. The lowest BCUT2D eigenvalue weighted by Crippen LogP contribution is -1.91. The monoisotopic (exact) mass is 339 g/mol. The van der Waals surface area contributed by atoms with E-state index >= 15 is 0 Å². The lowest BCUT2D eigenvalue weighted by molar-refractivity contribution is 0.608. The summed E-state index contributed by atoms with van der Waals surface area (Å²) in [6.45, 7) is 0. The van der Waals surface area contributed by atoms with Gasteiger partial charge in [-0.3, -0.25) is 0 Å². The summed E-state index contributed by atoms with van der Waals surface area (Å²) in [6.07, 6.45) is 0.112. The average molecular weight is 340 g/mol. The highest BCUT2D eigenvalue weighted by Crippen LogP contribution is 2.22. The quantitative estimate of drug-likeness (QED) is 0.569. The number of hydrogen-bond acceptors (Lipinski definition) is 1. The first-order valence-electron chi connectivity index (χ1n) is 3.15. The zero-order valence-electron chi connectivity index (χ0n) is 5.94. The topological polar surface area (TPSA) is 23.8 Å². The molecule has 1 aromatic carbocycles. The van der Waals surface area contributed by atoms with Gasteiger partial charge in [0.05, 0.1) is 17.0 Å². The summed E-state index contributed by atoms with van der Waals surface area (Å²) in [6, 6.07) is 5.26. The summed E-state index contributed by atoms with van der Waals surface area (Å²) < 4.78 is 14.5. The van der Waals surface area contributed by atoms with Crippen LogP contribution in [0.25, 0.3) is 0 Å². The van der Waals surface area contributed by atoms with Crippen LogP contribution in [-0.4, -0.2) is 0 Å². The van der Waals surface area contributed by atoms with Gasteiger partial charge in [0, 0.05) is 9.13 Å². The molecule has 0 bridgehead atoms. The van der Waals surface area contributed by atoms with Gasteiger partial charge in [-0.1, -0.05) is 0 Å². The van der Waals surface area contributed by atoms with Crippen LogP contribution in [0.1, 0.15) is 5.56 Å². The van der Waals surface area contributed by atoms with Gasteiger partial charge in [0.2, 0.25) is 0 Å². The van der Waals surface area contributed by atoms with Gasteiger partial charge < -0.3 is 0 Å². The number of hydrogen-bond donors (Lipinski definition) is 0. The van der Waals surface area contributed by atoms with Crippen LogP contribution in [0.15, 0.2) is 16.6 Å². The highest BCUT2D eigenvalue weighted by molar-refractivity contribution is 14.1. The second kappa shape index (κ2) is 4.19. The molecule has 0 amide bonds. The van der Waals surface area contributed by atoms with E-state index in [2.05, 4.69) is 38.5 Å². The molecule has 0 saturated carbocycles. The maximum absolute atomic E-state index is 13.2. The molecule has 4 heteroatoms. The van der Waals surface area contributed by atoms with Crippen molar-refractivity contribution in [3.8, 4) is 6.07 Å². The normalized spacial score (nSPS) is 9.50. The van der Waals surface area contributed by atoms with Gasteiger partial charge in [-0.2, -0.15) is 5.26 Å². The second-order valence-corrected chi connectivity index (χ2v) is 4.30. The molecule has 0 aliphatic heterocycles. The fraction of sp³-hybridized carbons (Fsp3) is 0.125. The third kappa shape index (κ3) is 2.17. The number of nitriles is 1. The van der Waals surface area contributed by atoms with Gasteiger partial charge >= 0.3 is 0 Å². The first-order valence-corrected chi connectivity index (χ1v) is 5.02. The summed E-state index contributed by atoms with van der Waals surface area (Å²) in [5.41, 5.74) is 0.441. The molecule has 1 aromatic rings. The zero-order valence-corrected chi connectivity index (χ0v) is 9.69. The summed E-state index contributed by atoms with van der Waals surface area (Å²) in [7, 11) is 0. The van der Waals surface area contributed by atoms with Crippen LogP contribution < -0.4 is 0 Å². The Balaban J connectivity index is 3.20. The van der Waals surface area contributed by atoms with Crippen molar-refractivity contribution in [3.63, 3.8) is 0 Å². The minimum absolute atomic E-state index is 0.112. The molecule has 0 fully saturated rings. The third-order valence-corrected chi connectivity index (χ3v) is 2.54. The van der Waals surface area contributed by atoms with E-state index in [1.54, 1.807) is 12.1 Å². The fourth-order valence-corrected chi connectivity index (χ4v) is 2.44. The molecule has 0 heterocycles. The van der Waals surface area contributed by atoms with Crippen molar-refractivity contribution < 1.29 is 4.39 Å². The van der Waals surface area contributed by atoms with Crippen molar-refractivity contribution in [1.29, 1.82) is 5.26 Å². The van der Waals surface area contributed by atoms with Crippen molar-refractivity contribution in [2.24, 2.45) is 0 Å². The Bertz CT molecular complexity index is 346. The Kier molecular flexibility index (Phi) is 3.47. The number of nitrogens with zero attached hydrogens (tertiary/aromatic N) is 1. The highest BCUT2D eigenvalue weighted by Gasteiger charge is 2.06. The van der Waals surface area contributed by atoms with Gasteiger partial charge in [0.1, 0.15) is 5.82 Å². The summed E-state index contributed by atoms with van der Waals surface area (Å²) in [4.78, 5) is 0. The predicted octanol–water partition coefficient (Wildman–Crippen LogP) is 3.26. The summed E-state index contributed by atoms with van der Waals surface area (Å²) in [5.74, 6) is -0.336. The zero-order chi connectivity index (χ0) is 9.14. The van der Waals surface area contributed by atoms with E-state index in [1.165, 1.54) is 0 Å². The largest absolute Gasteiger partial charge is 0.205 e. The van der Waals surface area contributed by atoms with Crippen LogP contribution in [0.2, 0.25) is 0 Å². The van der Waals surface area contributed by atoms with Crippen molar-refractivity contribution >= 4 is 38.5 Å². The molecule has 0 aliphatic rings. The maximum Gasteiger partial charge on any atom is 0.141 e. The average Bonchev–Trinajstić information content (AvgIpc) is 2.00. The minimum atomic E-state index is -0.336. The summed E-state index contributed by atoms with van der Waals surface area (Å²) >= 11 is 5.16. The Labute approximate surface area is 91.8 Å². The molecule has 0 aliphatic carbocycles. The van der Waals surface area contributed by atoms with Gasteiger partial charge in [0.15, 0.2) is 0 Å². The Morgan fingerprint density at radius 2 is 2.25 bits per heavy atom. The van der Waals surface area contributed by atoms with E-state index in [1.807, 2.05) is 6.07 Å². The molecule has 62 valence electrons. The maximum atomic E-state index is 13.2. The van der Waals surface area contributed by atoms with Crippen molar-refractivity contribution in [3.05, 3.63) is 31.6 Å². The Hall–Kier alpha value is -0.150. The van der Waals surface area contributed by atoms with E-state index in [-0.39, 0.29) is 12.2 Å². The van der Waals surface area contributed by atoms with E-state index in [0.717, 1.165) is 3.57 Å². The van der Waals surface area contributed by atoms with Gasteiger partial charge in [-0.15, -0.1) is 0 Å². The van der Waals surface area contributed by atoms with Crippen LogP contribution in [0, 0.1) is 20.7 Å². The van der Waals surface area contributed by atoms with E-state index < -0.39 is 0 Å². The van der Waals surface area contributed by atoms with Gasteiger partial charge in [0.25, 0.3) is 0 Å². The Morgan fingerprint density at radius 3 is 2.83 bits per heavy atom. The fourth-order valence-electron chi connectivity index (χ4n) is 0.823. The van der Waals surface area contributed by atoms with Crippen molar-refractivity contribution in [2.45, 2.75) is 6.42 Å². The molecule has 0 aromatic heterocycles. The van der Waals surface area contributed by atoms with Crippen molar-refractivity contribution in [2.75, 3.05) is 0 Å². The third-order valence-electron chi connectivity index (χ3n) is 1.34. The highest BCUT2D eigenvalue weighted by atomic mass is 127. The molecule has 0 saturated heterocycles. The summed E-state index contributed by atoms with van der Waals surface area (Å²) in [5, 5.41) is 8.39. The molecule has 0 N–H and O–H groups in total. The molecule has 0 radical (unpaired) electrons. The van der Waals surface area contributed by atoms with Crippen LogP contribution in [-0.2, 0) is 6.42 Å². The van der Waals surface area contributed by atoms with Crippen LogP contribution in [0.3, 0.4) is 0 Å². The molecule has 0 spiro atoms. The predicted molar refractivity (Wildman–Crippen MR) is 56.1 cm³/mol. The lowest BCUT2D eigenvalue weighted by Gasteiger charge is -2.01. The minimum Gasteiger partial charge on any atom is -0.205 e. The molecular formula is C8H4BrFIN. The molecular weight excluding hydrogens is 336 g/mol. The van der Waals surface area contributed by atoms with Gasteiger partial charge in [-0.05, 0) is 50.7 Å². The van der Waals surface area contributed by atoms with E-state index in [4.69, 9.17) is 5.26 Å². The molecule has 1 nitrogen and oxygen atoms in total. The second-order valence-electron chi connectivity index (χ2n) is 2.20. The van der Waals surface area contributed by atoms with E-state index in [0.29, 0.717) is 10.0 Å². The number of halogens is 3. The molecule has 12 heavy (non-hydrogen) atoms. The molecule has 0 atom stereocenters. The number of rotatable bonds is 1. The van der Waals surface area contributed by atoms with Crippen LogP contribution in [0.4, 0.5) is 4.39 Å².